The number of halogens is 1. The van der Waals surface area contributed by atoms with Crippen LogP contribution in [0.4, 0.5) is 4.39 Å². The minimum absolute atomic E-state index is 0.304. The highest BCUT2D eigenvalue weighted by Gasteiger charge is 2.10. The average Bonchev–Trinajstić information content (AvgIpc) is 2.92. The number of carbonyl (C=O) groups excluding carboxylic acids is 1. The van der Waals surface area contributed by atoms with E-state index in [0.717, 1.165) is 10.2 Å². The van der Waals surface area contributed by atoms with Gasteiger partial charge in [-0.05, 0) is 37.3 Å². The van der Waals surface area contributed by atoms with Gasteiger partial charge in [-0.3, -0.25) is 4.79 Å². The van der Waals surface area contributed by atoms with Gasteiger partial charge in [-0.15, -0.1) is 0 Å². The van der Waals surface area contributed by atoms with Crippen molar-refractivity contribution < 1.29 is 13.9 Å². The molecule has 0 N–H and O–H groups in total. The molecule has 6 heteroatoms. The molecule has 4 nitrogen and oxygen atoms in total. The third kappa shape index (κ3) is 3.60. The summed E-state index contributed by atoms with van der Waals surface area (Å²) in [4.78, 5) is 17.1. The number of hydrogen-bond donors (Lipinski definition) is 0. The number of ether oxygens (including phenoxy) is 1. The summed E-state index contributed by atoms with van der Waals surface area (Å²) in [7, 11) is 0. The number of thiazole rings is 1. The first kappa shape index (κ1) is 16.5. The molecule has 0 bridgehead atoms. The minimum Gasteiger partial charge on any atom is -0.380 e. The van der Waals surface area contributed by atoms with E-state index in [1.807, 2.05) is 17.6 Å². The summed E-state index contributed by atoms with van der Waals surface area (Å²) in [5.41, 5.74) is 1.37. The number of rotatable bonds is 5. The predicted octanol–water partition coefficient (Wildman–Crippen LogP) is 3.62. The summed E-state index contributed by atoms with van der Waals surface area (Å²) in [6.45, 7) is 3.61. The first-order chi connectivity index (χ1) is 11.7. The van der Waals surface area contributed by atoms with Crippen LogP contribution in [0.2, 0.25) is 0 Å². The molecule has 3 rings (SSSR count). The lowest BCUT2D eigenvalue weighted by Gasteiger charge is -2.05. The molecule has 0 atom stereocenters. The summed E-state index contributed by atoms with van der Waals surface area (Å²) >= 11 is 1.30. The lowest BCUT2D eigenvalue weighted by molar-refractivity contribution is 0.0996. The van der Waals surface area contributed by atoms with Crippen molar-refractivity contribution in [3.63, 3.8) is 0 Å². The molecular formula is C18H17FN2O2S. The number of benzene rings is 2. The number of hydrogen-bond acceptors (Lipinski definition) is 3. The second-order valence-electron chi connectivity index (χ2n) is 5.13. The quantitative estimate of drug-likeness (QED) is 0.664. The summed E-state index contributed by atoms with van der Waals surface area (Å²) < 4.78 is 21.5. The second kappa shape index (κ2) is 7.51. The van der Waals surface area contributed by atoms with E-state index in [0.29, 0.717) is 30.1 Å². The third-order valence-corrected chi connectivity index (χ3v) is 4.57. The molecule has 2 aromatic carbocycles. The van der Waals surface area contributed by atoms with Gasteiger partial charge in [-0.1, -0.05) is 29.5 Å². The van der Waals surface area contributed by atoms with Gasteiger partial charge >= 0.3 is 0 Å². The zero-order valence-corrected chi connectivity index (χ0v) is 14.1. The lowest BCUT2D eigenvalue weighted by atomic mass is 10.2. The van der Waals surface area contributed by atoms with Crippen molar-refractivity contribution in [2.45, 2.75) is 13.5 Å². The van der Waals surface area contributed by atoms with Gasteiger partial charge in [0.2, 0.25) is 0 Å². The van der Waals surface area contributed by atoms with Crippen LogP contribution in [0.15, 0.2) is 53.5 Å². The highest BCUT2D eigenvalue weighted by molar-refractivity contribution is 7.16. The Morgan fingerprint density at radius 2 is 2.04 bits per heavy atom. The van der Waals surface area contributed by atoms with Crippen LogP contribution in [0.3, 0.4) is 0 Å². The first-order valence-electron chi connectivity index (χ1n) is 7.70. The van der Waals surface area contributed by atoms with E-state index in [1.54, 1.807) is 30.3 Å². The average molecular weight is 344 g/mol. The van der Waals surface area contributed by atoms with Gasteiger partial charge in [0.1, 0.15) is 5.82 Å². The Kier molecular flexibility index (Phi) is 5.17. The Hall–Kier alpha value is -2.31. The molecule has 0 radical (unpaired) electrons. The smallest absolute Gasteiger partial charge is 0.279 e. The molecule has 124 valence electrons. The summed E-state index contributed by atoms with van der Waals surface area (Å²) in [6.07, 6.45) is 0. The van der Waals surface area contributed by atoms with E-state index < -0.39 is 0 Å². The molecule has 0 saturated carbocycles. The molecule has 0 aliphatic rings. The molecule has 0 saturated heterocycles. The Morgan fingerprint density at radius 1 is 1.25 bits per heavy atom. The lowest BCUT2D eigenvalue weighted by Crippen LogP contribution is -2.19. The van der Waals surface area contributed by atoms with Crippen molar-refractivity contribution in [2.24, 2.45) is 4.99 Å². The number of aromatic nitrogens is 1. The van der Waals surface area contributed by atoms with Gasteiger partial charge in [0.05, 0.1) is 16.8 Å². The largest absolute Gasteiger partial charge is 0.380 e. The van der Waals surface area contributed by atoms with Crippen molar-refractivity contribution in [3.8, 4) is 0 Å². The molecule has 0 fully saturated rings. The summed E-state index contributed by atoms with van der Waals surface area (Å²) in [5.74, 6) is -0.616. The van der Waals surface area contributed by atoms with Crippen molar-refractivity contribution in [1.29, 1.82) is 0 Å². The van der Waals surface area contributed by atoms with Crippen LogP contribution in [-0.2, 0) is 11.3 Å². The maximum Gasteiger partial charge on any atom is 0.279 e. The monoisotopic (exact) mass is 344 g/mol. The fourth-order valence-electron chi connectivity index (χ4n) is 2.38. The van der Waals surface area contributed by atoms with Gasteiger partial charge in [-0.2, -0.15) is 4.99 Å². The van der Waals surface area contributed by atoms with Crippen LogP contribution in [0.1, 0.15) is 17.3 Å². The fraction of sp³-hybridized carbons (Fsp3) is 0.222. The fourth-order valence-corrected chi connectivity index (χ4v) is 3.46. The van der Waals surface area contributed by atoms with Gasteiger partial charge in [0, 0.05) is 18.7 Å². The van der Waals surface area contributed by atoms with Crippen molar-refractivity contribution >= 4 is 27.5 Å². The molecule has 24 heavy (non-hydrogen) atoms. The molecular weight excluding hydrogens is 327 g/mol. The van der Waals surface area contributed by atoms with E-state index in [1.165, 1.54) is 23.5 Å². The molecule has 1 heterocycles. The van der Waals surface area contributed by atoms with E-state index in [4.69, 9.17) is 4.74 Å². The minimum atomic E-state index is -0.312. The van der Waals surface area contributed by atoms with Crippen molar-refractivity contribution in [1.82, 2.24) is 4.57 Å². The van der Waals surface area contributed by atoms with Gasteiger partial charge in [-0.25, -0.2) is 4.39 Å². The summed E-state index contributed by atoms with van der Waals surface area (Å²) in [6, 6.07) is 13.5. The van der Waals surface area contributed by atoms with Gasteiger partial charge in [0.25, 0.3) is 5.91 Å². The van der Waals surface area contributed by atoms with Crippen molar-refractivity contribution in [2.75, 3.05) is 13.2 Å². The number of nitrogens with zero attached hydrogens (tertiary/aromatic N) is 2. The van der Waals surface area contributed by atoms with E-state index in [-0.39, 0.29) is 11.7 Å². The zero-order valence-electron chi connectivity index (χ0n) is 13.2. The van der Waals surface area contributed by atoms with E-state index in [2.05, 4.69) is 4.99 Å². The van der Waals surface area contributed by atoms with Gasteiger partial charge in [0.15, 0.2) is 4.80 Å². The Morgan fingerprint density at radius 3 is 2.79 bits per heavy atom. The number of fused-ring (bicyclic) bond motifs is 1. The molecule has 1 amide bonds. The topological polar surface area (TPSA) is 43.6 Å². The molecule has 3 aromatic rings. The predicted molar refractivity (Wildman–Crippen MR) is 92.6 cm³/mol. The third-order valence-electron chi connectivity index (χ3n) is 3.53. The maximum absolute atomic E-state index is 13.5. The molecule has 0 unspecified atom stereocenters. The number of amides is 1. The van der Waals surface area contributed by atoms with Crippen molar-refractivity contribution in [3.05, 3.63) is 64.7 Å². The number of carbonyl (C=O) groups is 1. The van der Waals surface area contributed by atoms with Crippen LogP contribution in [0, 0.1) is 5.82 Å². The van der Waals surface area contributed by atoms with Crippen LogP contribution in [0.5, 0.6) is 0 Å². The Bertz CT molecular complexity index is 916. The second-order valence-corrected chi connectivity index (χ2v) is 6.14. The molecule has 0 spiro atoms. The molecule has 0 aliphatic heterocycles. The highest BCUT2D eigenvalue weighted by atomic mass is 32.1. The molecule has 0 aliphatic carbocycles. The zero-order chi connectivity index (χ0) is 16.9. The van der Waals surface area contributed by atoms with E-state index >= 15 is 0 Å². The SMILES string of the molecule is CCOCCn1c(=NC(=O)c2ccccc2)sc2cc(F)ccc21. The normalized spacial score (nSPS) is 12.0. The standard InChI is InChI=1S/C18H17FN2O2S/c1-2-23-11-10-21-15-9-8-14(19)12-16(15)24-18(21)20-17(22)13-6-4-3-5-7-13/h3-9,12H,2,10-11H2,1H3. The summed E-state index contributed by atoms with van der Waals surface area (Å²) in [5, 5.41) is 0. The Balaban J connectivity index is 2.06. The van der Waals surface area contributed by atoms with E-state index in [9.17, 15) is 9.18 Å². The Labute approximate surface area is 142 Å². The van der Waals surface area contributed by atoms with Crippen LogP contribution >= 0.6 is 11.3 Å². The molecule has 1 aromatic heterocycles. The first-order valence-corrected chi connectivity index (χ1v) is 8.51. The van der Waals surface area contributed by atoms with Crippen LogP contribution < -0.4 is 4.80 Å². The van der Waals surface area contributed by atoms with Gasteiger partial charge < -0.3 is 9.30 Å². The highest BCUT2D eigenvalue weighted by Crippen LogP contribution is 2.18. The van der Waals surface area contributed by atoms with Crippen LogP contribution in [-0.4, -0.2) is 23.7 Å². The maximum atomic E-state index is 13.5. The van der Waals surface area contributed by atoms with Crippen LogP contribution in [0.25, 0.3) is 10.2 Å².